The second-order valence-corrected chi connectivity index (χ2v) is 19.6. The first-order valence-electron chi connectivity index (χ1n) is 23.3. The average Bonchev–Trinajstić information content (AvgIpc) is 4.15. The fraction of sp³-hybridized carbons (Fsp3) is 0.600. The Kier molecular flexibility index (Phi) is 33.7. The first kappa shape index (κ1) is 65.5. The van der Waals surface area contributed by atoms with Crippen LogP contribution in [0.5, 0.6) is 0 Å². The molecule has 0 bridgehead atoms. The lowest BCUT2D eigenvalue weighted by Crippen LogP contribution is -2.22. The Bertz CT molecular complexity index is 2170. The lowest BCUT2D eigenvalue weighted by atomic mass is 10.0. The van der Waals surface area contributed by atoms with Crippen LogP contribution in [-0.4, -0.2) is 65.2 Å². The largest absolute Gasteiger partial charge is 0.472 e. The van der Waals surface area contributed by atoms with E-state index in [2.05, 4.69) is 123 Å². The summed E-state index contributed by atoms with van der Waals surface area (Å²) >= 11 is 2.90. The molecule has 6 rings (SSSR count). The standard InChI is InChI=1S/C9H12O2.C7H11NO.C7H11NS.C6H10N2O.C6H10N2S.C5H9N3.2C5H11NO/c1-6(2)8-5-11-4-7(3)9(8)10;2*1-5(2)7-4-6(3)8-9-7;1-4(2)6-7-5(3)9-8-6;1-4(2)6-5(3)7-9-8-6;1-4(2)5-6-3-7-8-5;2*1-4(2)5(7)6-3/h4-6H,1-3H3;2*4-5H,1-3H3;4H,3H2,1-2H3,(H,7,8);4H,1-3H3;3-4H,1-2H3,(H,6,7,8);2*4H,1-3H3,(H,6,7). The molecule has 0 unspecified atom stereocenters. The Hall–Kier alpha value is -5.56. The maximum atomic E-state index is 11.4. The van der Waals surface area contributed by atoms with E-state index < -0.39 is 0 Å². The van der Waals surface area contributed by atoms with Crippen molar-refractivity contribution in [3.63, 3.8) is 0 Å². The minimum absolute atomic E-state index is 0.0972. The number of amidine groups is 1. The molecule has 388 valence electrons. The highest BCUT2D eigenvalue weighted by molar-refractivity contribution is 7.05. The zero-order chi connectivity index (χ0) is 53.6. The van der Waals surface area contributed by atoms with Crippen molar-refractivity contribution in [2.45, 2.75) is 168 Å². The minimum Gasteiger partial charge on any atom is -0.472 e. The molecule has 69 heavy (non-hydrogen) atoms. The van der Waals surface area contributed by atoms with E-state index in [1.807, 2.05) is 82.2 Å². The molecule has 5 aromatic heterocycles. The van der Waals surface area contributed by atoms with Gasteiger partial charge in [0.2, 0.25) is 17.7 Å². The van der Waals surface area contributed by atoms with Gasteiger partial charge in [0.15, 0.2) is 5.43 Å². The van der Waals surface area contributed by atoms with Crippen molar-refractivity contribution in [2.75, 3.05) is 14.1 Å². The zero-order valence-electron chi connectivity index (χ0n) is 45.6. The summed E-state index contributed by atoms with van der Waals surface area (Å²) in [6.45, 7) is 43.6. The zero-order valence-corrected chi connectivity index (χ0v) is 47.2. The second kappa shape index (κ2) is 35.5. The minimum atomic E-state index is 0.0972. The maximum absolute atomic E-state index is 11.4. The molecule has 1 aliphatic rings. The maximum Gasteiger partial charge on any atom is 0.240 e. The number of H-pyrrole nitrogens is 1. The van der Waals surface area contributed by atoms with Crippen LogP contribution in [0.1, 0.15) is 191 Å². The number of nitrogens with one attached hydrogen (secondary N) is 4. The van der Waals surface area contributed by atoms with Gasteiger partial charge in [0.1, 0.15) is 23.7 Å². The molecule has 0 saturated heterocycles. The van der Waals surface area contributed by atoms with Gasteiger partial charge in [0, 0.05) is 65.8 Å². The van der Waals surface area contributed by atoms with Crippen LogP contribution in [0.3, 0.4) is 0 Å². The van der Waals surface area contributed by atoms with Crippen molar-refractivity contribution in [3.05, 3.63) is 104 Å². The Labute approximate surface area is 421 Å². The molecule has 0 saturated carbocycles. The summed E-state index contributed by atoms with van der Waals surface area (Å²) in [4.78, 5) is 46.2. The van der Waals surface area contributed by atoms with E-state index in [1.165, 1.54) is 35.5 Å². The van der Waals surface area contributed by atoms with Crippen molar-refractivity contribution in [2.24, 2.45) is 22.7 Å². The van der Waals surface area contributed by atoms with E-state index >= 15 is 0 Å². The van der Waals surface area contributed by atoms with Gasteiger partial charge in [0.05, 0.1) is 47.0 Å². The SMILES string of the molecule is C=C1N=C(C(C)C)NO1.CC(C)c1ncn[nH]1.CNC(=O)C(C)C.CNC(=O)C(C)C.Cc1cc(C(C)C)on1.Cc1cc(C(C)C)sn1.Cc1cocc(C(C)C)c1=O.Cc1nsnc1C(C)C. The summed E-state index contributed by atoms with van der Waals surface area (Å²) in [5.41, 5.74) is 8.51. The predicted octanol–water partition coefficient (Wildman–Crippen LogP) is 11.5. The fourth-order valence-electron chi connectivity index (χ4n) is 4.62. The number of amides is 2. The summed E-state index contributed by atoms with van der Waals surface area (Å²) < 4.78 is 22.4. The van der Waals surface area contributed by atoms with Gasteiger partial charge in [-0.3, -0.25) is 19.5 Å². The number of hydrogen-bond acceptors (Lipinski definition) is 16. The van der Waals surface area contributed by atoms with Gasteiger partial charge in [-0.1, -0.05) is 116 Å². The van der Waals surface area contributed by atoms with E-state index in [1.54, 1.807) is 32.6 Å². The smallest absolute Gasteiger partial charge is 0.240 e. The Morgan fingerprint density at radius 3 is 1.49 bits per heavy atom. The molecule has 5 aromatic rings. The first-order valence-corrected chi connectivity index (χ1v) is 24.8. The molecule has 4 N–H and O–H groups in total. The molecule has 2 amide bonds. The average molecular weight is 1000 g/mol. The van der Waals surface area contributed by atoms with Gasteiger partial charge in [-0.15, -0.1) is 0 Å². The highest BCUT2D eigenvalue weighted by Gasteiger charge is 2.12. The van der Waals surface area contributed by atoms with Gasteiger partial charge in [0.25, 0.3) is 0 Å². The normalized spacial score (nSPS) is 11.2. The van der Waals surface area contributed by atoms with Crippen LogP contribution < -0.4 is 21.5 Å². The van der Waals surface area contributed by atoms with Crippen molar-refractivity contribution < 1.29 is 23.4 Å². The molecular formula is C50H85N11O6S2. The molecule has 17 nitrogen and oxygen atoms in total. The van der Waals surface area contributed by atoms with Gasteiger partial charge in [-0.05, 0) is 69.6 Å². The number of hydrogen-bond donors (Lipinski definition) is 4. The Morgan fingerprint density at radius 2 is 1.28 bits per heavy atom. The third kappa shape index (κ3) is 29.2. The molecular weight excluding hydrogens is 915 g/mol. The summed E-state index contributed by atoms with van der Waals surface area (Å²) in [5, 5.41) is 15.3. The van der Waals surface area contributed by atoms with E-state index in [0.29, 0.717) is 41.0 Å². The Morgan fingerprint density at radius 1 is 0.696 bits per heavy atom. The van der Waals surface area contributed by atoms with E-state index in [4.69, 9.17) is 13.8 Å². The van der Waals surface area contributed by atoms with Gasteiger partial charge in [-0.25, -0.2) is 10.5 Å². The van der Waals surface area contributed by atoms with Gasteiger partial charge in [-0.2, -0.15) is 23.2 Å². The number of aliphatic imine (C=N–C) groups is 1. The van der Waals surface area contributed by atoms with Crippen molar-refractivity contribution >= 4 is 40.9 Å². The van der Waals surface area contributed by atoms with Crippen LogP contribution in [0.15, 0.2) is 62.2 Å². The number of carbonyl (C=O) groups excluding carboxylic acids is 2. The third-order valence-corrected chi connectivity index (χ3v) is 10.7. The van der Waals surface area contributed by atoms with Crippen LogP contribution in [0.2, 0.25) is 0 Å². The molecule has 19 heteroatoms. The van der Waals surface area contributed by atoms with Crippen LogP contribution in [-0.2, 0) is 14.4 Å². The first-order chi connectivity index (χ1) is 32.1. The molecule has 0 fully saturated rings. The van der Waals surface area contributed by atoms with Crippen LogP contribution in [0.25, 0.3) is 0 Å². The van der Waals surface area contributed by atoms with Crippen molar-refractivity contribution in [1.82, 2.24) is 49.6 Å². The number of aryl methyl sites for hydroxylation is 4. The Balaban J connectivity index is 0. The lowest BCUT2D eigenvalue weighted by Gasteiger charge is -2.02. The topological polar surface area (TPSA) is 228 Å². The summed E-state index contributed by atoms with van der Waals surface area (Å²) in [6.07, 6.45) is 4.53. The number of aromatic amines is 1. The number of hydroxylamine groups is 1. The molecule has 0 aliphatic carbocycles. The summed E-state index contributed by atoms with van der Waals surface area (Å²) in [6, 6.07) is 4.11. The van der Waals surface area contributed by atoms with E-state index in [0.717, 1.165) is 45.8 Å². The van der Waals surface area contributed by atoms with Crippen LogP contribution in [0.4, 0.5) is 0 Å². The highest BCUT2D eigenvalue weighted by Crippen LogP contribution is 2.19. The van der Waals surface area contributed by atoms with E-state index in [-0.39, 0.29) is 35.0 Å². The monoisotopic (exact) mass is 1000 g/mol. The van der Waals surface area contributed by atoms with Crippen LogP contribution >= 0.6 is 23.3 Å². The molecule has 0 spiro atoms. The predicted molar refractivity (Wildman–Crippen MR) is 283 cm³/mol. The molecule has 1 aliphatic heterocycles. The quantitative estimate of drug-likeness (QED) is 0.114. The summed E-state index contributed by atoms with van der Waals surface area (Å²) in [7, 11) is 3.28. The number of aromatic nitrogens is 7. The van der Waals surface area contributed by atoms with E-state index in [9.17, 15) is 14.4 Å². The lowest BCUT2D eigenvalue weighted by molar-refractivity contribution is -0.124. The second-order valence-electron chi connectivity index (χ2n) is 18.2. The summed E-state index contributed by atoms with van der Waals surface area (Å²) in [5.74, 6) is 6.31. The van der Waals surface area contributed by atoms with Crippen molar-refractivity contribution in [3.8, 4) is 0 Å². The molecule has 0 atom stereocenters. The number of rotatable bonds is 8. The highest BCUT2D eigenvalue weighted by atomic mass is 32.1. The van der Waals surface area contributed by atoms with Crippen LogP contribution in [0, 0.1) is 45.4 Å². The fourth-order valence-corrected chi connectivity index (χ4v) is 6.05. The number of carbonyl (C=O) groups is 2. The third-order valence-electron chi connectivity index (χ3n) is 8.93. The van der Waals surface area contributed by atoms with Gasteiger partial charge >= 0.3 is 0 Å². The van der Waals surface area contributed by atoms with Gasteiger partial charge < -0.3 is 24.4 Å². The molecule has 0 aromatic carbocycles. The van der Waals surface area contributed by atoms with Crippen molar-refractivity contribution in [1.29, 1.82) is 0 Å². The number of nitrogens with zero attached hydrogens (tertiary/aromatic N) is 7. The molecule has 0 radical (unpaired) electrons. The molecule has 6 heterocycles.